The highest BCUT2D eigenvalue weighted by Gasteiger charge is 2.26. The van der Waals surface area contributed by atoms with Crippen LogP contribution < -0.4 is 5.32 Å². The van der Waals surface area contributed by atoms with Crippen LogP contribution in [0, 0.1) is 0 Å². The third kappa shape index (κ3) is 3.62. The van der Waals surface area contributed by atoms with Crippen LogP contribution in [0.2, 0.25) is 0 Å². The van der Waals surface area contributed by atoms with Crippen LogP contribution in [0.15, 0.2) is 57.9 Å². The van der Waals surface area contributed by atoms with Gasteiger partial charge >= 0.3 is 0 Å². The van der Waals surface area contributed by atoms with Crippen LogP contribution in [-0.4, -0.2) is 24.3 Å². The Morgan fingerprint density at radius 2 is 1.92 bits per heavy atom. The van der Waals surface area contributed by atoms with Crippen molar-refractivity contribution in [3.63, 3.8) is 0 Å². The molecule has 0 saturated carbocycles. The zero-order valence-electron chi connectivity index (χ0n) is 14.2. The van der Waals surface area contributed by atoms with Gasteiger partial charge in [0.1, 0.15) is 0 Å². The number of hydrogen-bond donors (Lipinski definition) is 1. The van der Waals surface area contributed by atoms with Crippen molar-refractivity contribution in [3.8, 4) is 0 Å². The maximum absolute atomic E-state index is 12.0. The second-order valence-electron chi connectivity index (χ2n) is 6.33. The van der Waals surface area contributed by atoms with E-state index in [9.17, 15) is 8.42 Å². The van der Waals surface area contributed by atoms with Crippen molar-refractivity contribution in [1.82, 2.24) is 10.1 Å². The van der Waals surface area contributed by atoms with Crippen LogP contribution >= 0.6 is 0 Å². The van der Waals surface area contributed by atoms with Gasteiger partial charge in [0.15, 0.2) is 15.7 Å². The number of benzene rings is 2. The molecule has 7 heteroatoms. The van der Waals surface area contributed by atoms with Gasteiger partial charge in [-0.1, -0.05) is 41.6 Å². The number of nitrogens with zero attached hydrogens (tertiary/aromatic N) is 2. The van der Waals surface area contributed by atoms with Gasteiger partial charge in [-0.2, -0.15) is 4.98 Å². The normalized spacial score (nSPS) is 14.9. The van der Waals surface area contributed by atoms with Crippen molar-refractivity contribution >= 4 is 15.5 Å². The van der Waals surface area contributed by atoms with Crippen molar-refractivity contribution in [2.45, 2.75) is 30.7 Å². The molecule has 0 bridgehead atoms. The molecule has 0 atom stereocenters. The molecule has 1 N–H and O–H groups in total. The van der Waals surface area contributed by atoms with Crippen LogP contribution in [0.25, 0.3) is 0 Å². The molecule has 1 aliphatic heterocycles. The van der Waals surface area contributed by atoms with E-state index in [-0.39, 0.29) is 5.75 Å². The quantitative estimate of drug-likeness (QED) is 0.719. The van der Waals surface area contributed by atoms with Gasteiger partial charge in [-0.3, -0.25) is 0 Å². The lowest BCUT2D eigenvalue weighted by Crippen LogP contribution is -2.02. The summed E-state index contributed by atoms with van der Waals surface area (Å²) < 4.78 is 29.3. The van der Waals surface area contributed by atoms with E-state index >= 15 is 0 Å². The van der Waals surface area contributed by atoms with E-state index in [0.717, 1.165) is 17.7 Å². The van der Waals surface area contributed by atoms with E-state index < -0.39 is 9.84 Å². The third-order valence-corrected chi connectivity index (χ3v) is 6.27. The number of nitrogens with one attached hydrogen (secondary N) is 1. The lowest BCUT2D eigenvalue weighted by molar-refractivity contribution is 0.377. The average molecular weight is 369 g/mol. The van der Waals surface area contributed by atoms with Gasteiger partial charge in [-0.15, -0.1) is 0 Å². The zero-order valence-corrected chi connectivity index (χ0v) is 15.0. The Kier molecular flexibility index (Phi) is 4.46. The molecule has 0 unspecified atom stereocenters. The number of aryl methyl sites for hydroxylation is 3. The Labute approximate surface area is 152 Å². The smallest absolute Gasteiger partial charge is 0.245 e. The molecule has 0 aliphatic carbocycles. The molecular weight excluding hydrogens is 350 g/mol. The first-order valence-corrected chi connectivity index (χ1v) is 10.2. The monoisotopic (exact) mass is 369 g/mol. The first kappa shape index (κ1) is 16.8. The molecule has 2 aromatic carbocycles. The first-order valence-electron chi connectivity index (χ1n) is 8.55. The zero-order chi connectivity index (χ0) is 18.0. The molecule has 2 heterocycles. The summed E-state index contributed by atoms with van der Waals surface area (Å²) in [7, 11) is -3.13. The number of hydrogen-bond acceptors (Lipinski definition) is 6. The van der Waals surface area contributed by atoms with Crippen LogP contribution in [-0.2, 0) is 35.6 Å². The molecule has 6 nitrogen and oxygen atoms in total. The van der Waals surface area contributed by atoms with E-state index in [0.29, 0.717) is 36.0 Å². The van der Waals surface area contributed by atoms with Gasteiger partial charge < -0.3 is 9.84 Å². The number of anilines is 1. The summed E-state index contributed by atoms with van der Waals surface area (Å²) in [5.74, 6) is 1.35. The minimum absolute atomic E-state index is 0.195. The minimum atomic E-state index is -3.13. The van der Waals surface area contributed by atoms with Crippen molar-refractivity contribution in [2.24, 2.45) is 0 Å². The van der Waals surface area contributed by atoms with Gasteiger partial charge in [0.05, 0.1) is 17.2 Å². The molecule has 26 heavy (non-hydrogen) atoms. The van der Waals surface area contributed by atoms with Gasteiger partial charge in [0.2, 0.25) is 5.89 Å². The Bertz CT molecular complexity index is 1010. The van der Waals surface area contributed by atoms with Gasteiger partial charge in [-0.05, 0) is 36.1 Å². The van der Waals surface area contributed by atoms with Crippen molar-refractivity contribution in [1.29, 1.82) is 0 Å². The Hall–Kier alpha value is -2.67. The lowest BCUT2D eigenvalue weighted by Gasteiger charge is -2.05. The molecule has 0 saturated heterocycles. The maximum Gasteiger partial charge on any atom is 0.245 e. The maximum atomic E-state index is 12.0. The fraction of sp³-hybridized carbons (Fsp3) is 0.263. The van der Waals surface area contributed by atoms with Crippen LogP contribution in [0.3, 0.4) is 0 Å². The molecule has 1 aromatic heterocycles. The lowest BCUT2D eigenvalue weighted by atomic mass is 10.1. The van der Waals surface area contributed by atoms with Gasteiger partial charge in [-0.25, -0.2) is 8.42 Å². The molecule has 0 spiro atoms. The fourth-order valence-corrected chi connectivity index (χ4v) is 4.64. The number of fused-ring (bicyclic) bond motifs is 1. The number of rotatable bonds is 6. The summed E-state index contributed by atoms with van der Waals surface area (Å²) in [6, 6.07) is 15.6. The topological polar surface area (TPSA) is 85.1 Å². The first-order chi connectivity index (χ1) is 12.6. The molecule has 0 fully saturated rings. The van der Waals surface area contributed by atoms with Crippen molar-refractivity contribution in [2.75, 3.05) is 11.1 Å². The summed E-state index contributed by atoms with van der Waals surface area (Å²) in [4.78, 5) is 4.81. The average Bonchev–Trinajstić information content (AvgIpc) is 3.23. The van der Waals surface area contributed by atoms with Crippen LogP contribution in [0.4, 0.5) is 5.69 Å². The van der Waals surface area contributed by atoms with Crippen LogP contribution in [0.5, 0.6) is 0 Å². The molecule has 134 valence electrons. The molecule has 0 radical (unpaired) electrons. The van der Waals surface area contributed by atoms with Crippen molar-refractivity contribution in [3.05, 3.63) is 71.4 Å². The highest BCUT2D eigenvalue weighted by molar-refractivity contribution is 7.91. The molecule has 4 rings (SSSR count). The fourth-order valence-electron chi connectivity index (χ4n) is 3.06. The molecular formula is C19H19N3O3S. The largest absolute Gasteiger partial charge is 0.376 e. The highest BCUT2D eigenvalue weighted by atomic mass is 32.2. The second-order valence-corrected chi connectivity index (χ2v) is 8.41. The molecule has 0 amide bonds. The Morgan fingerprint density at radius 3 is 2.77 bits per heavy atom. The number of sulfone groups is 1. The summed E-state index contributed by atoms with van der Waals surface area (Å²) in [6.45, 7) is 0.358. The summed E-state index contributed by atoms with van der Waals surface area (Å²) in [5, 5.41) is 7.16. The van der Waals surface area contributed by atoms with Crippen molar-refractivity contribution < 1.29 is 12.9 Å². The van der Waals surface area contributed by atoms with E-state index in [1.165, 1.54) is 5.56 Å². The van der Waals surface area contributed by atoms with Gasteiger partial charge in [0, 0.05) is 12.1 Å². The molecule has 1 aliphatic rings. The number of aromatic nitrogens is 2. The third-order valence-electron chi connectivity index (χ3n) is 4.48. The van der Waals surface area contributed by atoms with E-state index in [2.05, 4.69) is 27.6 Å². The van der Waals surface area contributed by atoms with E-state index in [4.69, 9.17) is 4.52 Å². The second kappa shape index (κ2) is 6.92. The summed E-state index contributed by atoms with van der Waals surface area (Å²) >= 11 is 0. The van der Waals surface area contributed by atoms with E-state index in [1.807, 2.05) is 30.3 Å². The predicted molar refractivity (Wildman–Crippen MR) is 97.7 cm³/mol. The highest BCUT2D eigenvalue weighted by Crippen LogP contribution is 2.28. The Morgan fingerprint density at radius 1 is 1.08 bits per heavy atom. The van der Waals surface area contributed by atoms with Gasteiger partial charge in [0.25, 0.3) is 0 Å². The predicted octanol–water partition coefficient (Wildman–Crippen LogP) is 2.80. The SMILES string of the molecule is O=S1(=O)CCc2ccc(NCc3nc(CCc4ccccc4)no3)cc21. The summed E-state index contributed by atoms with van der Waals surface area (Å²) in [5.41, 5.74) is 2.85. The Balaban J connectivity index is 1.37. The summed E-state index contributed by atoms with van der Waals surface area (Å²) in [6.07, 6.45) is 2.16. The molecule has 3 aromatic rings. The standard InChI is InChI=1S/C19H19N3O3S/c23-26(24)11-10-15-7-8-16(12-17(15)26)20-13-19-21-18(22-25-19)9-6-14-4-2-1-3-5-14/h1-5,7-8,12,20H,6,9-11,13H2. The van der Waals surface area contributed by atoms with E-state index in [1.54, 1.807) is 6.07 Å². The van der Waals surface area contributed by atoms with Crippen LogP contribution in [0.1, 0.15) is 22.8 Å². The minimum Gasteiger partial charge on any atom is -0.376 e.